The van der Waals surface area contributed by atoms with Gasteiger partial charge in [-0.05, 0) is 57.5 Å². The van der Waals surface area contributed by atoms with E-state index in [1.807, 2.05) is 33.8 Å². The third-order valence-electron chi connectivity index (χ3n) is 3.19. The van der Waals surface area contributed by atoms with Crippen LogP contribution in [0.3, 0.4) is 0 Å². The van der Waals surface area contributed by atoms with Gasteiger partial charge < -0.3 is 10.6 Å². The number of benzene rings is 1. The Hall–Kier alpha value is -2.40. The maximum Gasteiger partial charge on any atom is 0.270 e. The minimum Gasteiger partial charge on any atom is -0.346 e. The highest BCUT2D eigenvalue weighted by atomic mass is 35.5. The highest BCUT2D eigenvalue weighted by Gasteiger charge is 2.18. The summed E-state index contributed by atoms with van der Waals surface area (Å²) in [6.07, 6.45) is 1.44. The fourth-order valence-electron chi connectivity index (χ4n) is 2.02. The summed E-state index contributed by atoms with van der Waals surface area (Å²) in [4.78, 5) is 28.6. The number of rotatable bonds is 3. The van der Waals surface area contributed by atoms with Crippen molar-refractivity contribution in [1.82, 2.24) is 10.3 Å². The Kier molecular flexibility index (Phi) is 5.24. The third-order valence-corrected chi connectivity index (χ3v) is 3.43. The zero-order chi connectivity index (χ0) is 17.9. The van der Waals surface area contributed by atoms with E-state index in [0.29, 0.717) is 16.3 Å². The highest BCUT2D eigenvalue weighted by Crippen LogP contribution is 2.21. The lowest BCUT2D eigenvalue weighted by Gasteiger charge is -2.20. The summed E-state index contributed by atoms with van der Waals surface area (Å²) in [6.45, 7) is 7.51. The van der Waals surface area contributed by atoms with Crippen molar-refractivity contribution in [2.75, 3.05) is 5.32 Å². The molecule has 0 saturated heterocycles. The van der Waals surface area contributed by atoms with Crippen LogP contribution < -0.4 is 10.6 Å². The zero-order valence-electron chi connectivity index (χ0n) is 14.1. The lowest BCUT2D eigenvalue weighted by atomic mass is 10.1. The van der Waals surface area contributed by atoms with Gasteiger partial charge in [0, 0.05) is 28.0 Å². The van der Waals surface area contributed by atoms with Gasteiger partial charge in [0.15, 0.2) is 0 Å². The van der Waals surface area contributed by atoms with Gasteiger partial charge in [0.2, 0.25) is 0 Å². The molecule has 1 aromatic heterocycles. The Morgan fingerprint density at radius 3 is 2.46 bits per heavy atom. The van der Waals surface area contributed by atoms with Gasteiger partial charge in [-0.25, -0.2) is 0 Å². The SMILES string of the molecule is Cc1ccc(Cl)cc1NC(=O)c1ccnc(C(=O)NC(C)(C)C)c1. The van der Waals surface area contributed by atoms with E-state index in [0.717, 1.165) is 5.56 Å². The van der Waals surface area contributed by atoms with Crippen molar-refractivity contribution in [1.29, 1.82) is 0 Å². The third kappa shape index (κ3) is 4.80. The van der Waals surface area contributed by atoms with E-state index >= 15 is 0 Å². The Bertz CT molecular complexity index is 782. The molecule has 2 N–H and O–H groups in total. The van der Waals surface area contributed by atoms with E-state index in [2.05, 4.69) is 15.6 Å². The van der Waals surface area contributed by atoms with Crippen molar-refractivity contribution >= 4 is 29.1 Å². The largest absolute Gasteiger partial charge is 0.346 e. The standard InChI is InChI=1S/C18H20ClN3O2/c1-11-5-6-13(19)10-14(11)21-16(23)12-7-8-20-15(9-12)17(24)22-18(2,3)4/h5-10H,1-4H3,(H,21,23)(H,22,24). The molecular formula is C18H20ClN3O2. The van der Waals surface area contributed by atoms with E-state index < -0.39 is 0 Å². The molecule has 5 nitrogen and oxygen atoms in total. The number of amides is 2. The summed E-state index contributed by atoms with van der Waals surface area (Å²) in [5.74, 6) is -0.649. The minimum absolute atomic E-state index is 0.195. The summed E-state index contributed by atoms with van der Waals surface area (Å²) < 4.78 is 0. The molecule has 0 bridgehead atoms. The number of pyridine rings is 1. The van der Waals surface area contributed by atoms with E-state index in [1.165, 1.54) is 12.3 Å². The van der Waals surface area contributed by atoms with Gasteiger partial charge in [0.05, 0.1) is 0 Å². The maximum absolute atomic E-state index is 12.4. The number of carbonyl (C=O) groups is 2. The van der Waals surface area contributed by atoms with Crippen molar-refractivity contribution in [3.05, 3.63) is 58.4 Å². The summed E-state index contributed by atoms with van der Waals surface area (Å²) in [6, 6.07) is 8.29. The number of anilines is 1. The first-order chi connectivity index (χ1) is 11.2. The fraction of sp³-hybridized carbons (Fsp3) is 0.278. The Morgan fingerprint density at radius 2 is 1.79 bits per heavy atom. The number of nitrogens with zero attached hydrogens (tertiary/aromatic N) is 1. The van der Waals surface area contributed by atoms with Crippen LogP contribution in [0.5, 0.6) is 0 Å². The van der Waals surface area contributed by atoms with Crippen molar-refractivity contribution < 1.29 is 9.59 Å². The molecule has 0 radical (unpaired) electrons. The van der Waals surface area contributed by atoms with Crippen molar-refractivity contribution in [2.24, 2.45) is 0 Å². The van der Waals surface area contributed by atoms with Crippen LogP contribution in [0.2, 0.25) is 5.02 Å². The first kappa shape index (κ1) is 17.9. The number of hydrogen-bond acceptors (Lipinski definition) is 3. The summed E-state index contributed by atoms with van der Waals surface area (Å²) in [5.41, 5.74) is 1.69. The molecule has 0 saturated carbocycles. The van der Waals surface area contributed by atoms with Gasteiger partial charge in [-0.3, -0.25) is 14.6 Å². The molecule has 2 rings (SSSR count). The molecule has 6 heteroatoms. The lowest BCUT2D eigenvalue weighted by Crippen LogP contribution is -2.41. The van der Waals surface area contributed by atoms with Crippen LogP contribution in [-0.4, -0.2) is 22.3 Å². The Morgan fingerprint density at radius 1 is 1.08 bits per heavy atom. The van der Waals surface area contributed by atoms with E-state index in [9.17, 15) is 9.59 Å². The second kappa shape index (κ2) is 7.01. The molecule has 24 heavy (non-hydrogen) atoms. The van der Waals surface area contributed by atoms with E-state index in [-0.39, 0.29) is 23.0 Å². The normalized spacial score (nSPS) is 11.0. The van der Waals surface area contributed by atoms with Gasteiger partial charge in [-0.15, -0.1) is 0 Å². The monoisotopic (exact) mass is 345 g/mol. The van der Waals surface area contributed by atoms with Crippen LogP contribution in [0.1, 0.15) is 47.2 Å². The molecule has 0 aliphatic rings. The van der Waals surface area contributed by atoms with Crippen molar-refractivity contribution in [2.45, 2.75) is 33.2 Å². The predicted octanol–water partition coefficient (Wildman–Crippen LogP) is 3.82. The Balaban J connectivity index is 2.20. The molecule has 1 aromatic carbocycles. The number of aromatic nitrogens is 1. The van der Waals surface area contributed by atoms with Crippen LogP contribution in [-0.2, 0) is 0 Å². The van der Waals surface area contributed by atoms with Crippen LogP contribution in [0, 0.1) is 6.92 Å². The molecule has 126 valence electrons. The summed E-state index contributed by atoms with van der Waals surface area (Å²) in [7, 11) is 0. The van der Waals surface area contributed by atoms with Gasteiger partial charge >= 0.3 is 0 Å². The van der Waals surface area contributed by atoms with Gasteiger partial charge in [-0.1, -0.05) is 17.7 Å². The molecule has 0 spiro atoms. The predicted molar refractivity (Wildman–Crippen MR) is 95.6 cm³/mol. The van der Waals surface area contributed by atoms with Gasteiger partial charge in [0.25, 0.3) is 11.8 Å². The maximum atomic E-state index is 12.4. The summed E-state index contributed by atoms with van der Waals surface area (Å²) >= 11 is 5.96. The van der Waals surface area contributed by atoms with Crippen LogP contribution in [0.4, 0.5) is 5.69 Å². The van der Waals surface area contributed by atoms with Crippen molar-refractivity contribution in [3.8, 4) is 0 Å². The molecule has 2 amide bonds. The van der Waals surface area contributed by atoms with Crippen LogP contribution >= 0.6 is 11.6 Å². The van der Waals surface area contributed by atoms with E-state index in [4.69, 9.17) is 11.6 Å². The molecule has 0 aliphatic carbocycles. The second-order valence-corrected chi connectivity index (χ2v) is 6.98. The van der Waals surface area contributed by atoms with Crippen LogP contribution in [0.25, 0.3) is 0 Å². The number of nitrogens with one attached hydrogen (secondary N) is 2. The topological polar surface area (TPSA) is 71.1 Å². The minimum atomic E-state index is -0.380. The lowest BCUT2D eigenvalue weighted by molar-refractivity contribution is 0.0914. The number of halogens is 1. The number of aryl methyl sites for hydroxylation is 1. The number of hydrogen-bond donors (Lipinski definition) is 2. The highest BCUT2D eigenvalue weighted by molar-refractivity contribution is 6.31. The second-order valence-electron chi connectivity index (χ2n) is 6.55. The van der Waals surface area contributed by atoms with Gasteiger partial charge in [-0.2, -0.15) is 0 Å². The average molecular weight is 346 g/mol. The molecular weight excluding hydrogens is 326 g/mol. The first-order valence-corrected chi connectivity index (χ1v) is 7.89. The molecule has 0 aliphatic heterocycles. The quantitative estimate of drug-likeness (QED) is 0.888. The van der Waals surface area contributed by atoms with E-state index in [1.54, 1.807) is 18.2 Å². The van der Waals surface area contributed by atoms with Gasteiger partial charge in [0.1, 0.15) is 5.69 Å². The Labute approximate surface area is 146 Å². The molecule has 0 unspecified atom stereocenters. The van der Waals surface area contributed by atoms with Crippen molar-refractivity contribution in [3.63, 3.8) is 0 Å². The van der Waals surface area contributed by atoms with Crippen LogP contribution in [0.15, 0.2) is 36.5 Å². The molecule has 2 aromatic rings. The molecule has 1 heterocycles. The molecule has 0 fully saturated rings. The zero-order valence-corrected chi connectivity index (χ0v) is 14.9. The number of carbonyl (C=O) groups excluding carboxylic acids is 2. The summed E-state index contributed by atoms with van der Waals surface area (Å²) in [5, 5.41) is 6.15. The molecule has 0 atom stereocenters. The average Bonchev–Trinajstić information content (AvgIpc) is 2.49. The smallest absolute Gasteiger partial charge is 0.270 e. The first-order valence-electron chi connectivity index (χ1n) is 7.52. The fourth-order valence-corrected chi connectivity index (χ4v) is 2.20.